The molecule has 6 nitrogen and oxygen atoms in total. The summed E-state index contributed by atoms with van der Waals surface area (Å²) < 4.78 is 38.8. The molecule has 0 unspecified atom stereocenters. The first-order valence-electron chi connectivity index (χ1n) is 9.29. The molecule has 2 amide bonds. The predicted octanol–water partition coefficient (Wildman–Crippen LogP) is 5.19. The number of anilines is 1. The van der Waals surface area contributed by atoms with Crippen molar-refractivity contribution in [2.45, 2.75) is 25.6 Å². The first-order valence-corrected chi connectivity index (χ1v) is 9.67. The molecule has 10 heteroatoms. The van der Waals surface area contributed by atoms with Crippen LogP contribution < -0.4 is 10.2 Å². The molecule has 0 radical (unpaired) electrons. The minimum absolute atomic E-state index is 0.299. The highest BCUT2D eigenvalue weighted by Gasteiger charge is 2.37. The second-order valence-electron chi connectivity index (χ2n) is 7.76. The Kier molecular flexibility index (Phi) is 5.09. The highest BCUT2D eigenvalue weighted by atomic mass is 35.5. The van der Waals surface area contributed by atoms with Gasteiger partial charge in [-0.1, -0.05) is 23.7 Å². The fraction of sp³-hybridized carbons (Fsp3) is 0.238. The highest BCUT2D eigenvalue weighted by Crippen LogP contribution is 2.36. The minimum Gasteiger partial charge on any atom is -0.331 e. The number of hydrogen-bond donors (Lipinski definition) is 1. The van der Waals surface area contributed by atoms with Crippen molar-refractivity contribution in [1.29, 1.82) is 0 Å². The van der Waals surface area contributed by atoms with Crippen molar-refractivity contribution >= 4 is 23.4 Å². The summed E-state index contributed by atoms with van der Waals surface area (Å²) in [5.74, 6) is 0.307. The Labute approximate surface area is 181 Å². The maximum atomic E-state index is 12.9. The average molecular weight is 448 g/mol. The van der Waals surface area contributed by atoms with Crippen molar-refractivity contribution in [3.05, 3.63) is 59.5 Å². The number of aromatic nitrogens is 3. The first kappa shape index (κ1) is 21.0. The van der Waals surface area contributed by atoms with Gasteiger partial charge in [0.15, 0.2) is 5.82 Å². The Balaban J connectivity index is 1.84. The molecule has 1 N–H and O–H groups in total. The van der Waals surface area contributed by atoms with Crippen LogP contribution in [0.15, 0.2) is 48.9 Å². The molecule has 2 aromatic heterocycles. The van der Waals surface area contributed by atoms with Gasteiger partial charge in [0.25, 0.3) is 0 Å². The van der Waals surface area contributed by atoms with E-state index in [9.17, 15) is 18.0 Å². The van der Waals surface area contributed by atoms with Gasteiger partial charge in [0, 0.05) is 23.5 Å². The van der Waals surface area contributed by atoms with E-state index in [4.69, 9.17) is 11.6 Å². The fourth-order valence-corrected chi connectivity index (χ4v) is 3.55. The molecule has 160 valence electrons. The smallest absolute Gasteiger partial charge is 0.331 e. The Morgan fingerprint density at radius 1 is 1.10 bits per heavy atom. The fourth-order valence-electron chi connectivity index (χ4n) is 3.34. The van der Waals surface area contributed by atoms with Crippen LogP contribution in [0, 0.1) is 0 Å². The number of alkyl halides is 3. The van der Waals surface area contributed by atoms with E-state index in [-0.39, 0.29) is 6.03 Å². The van der Waals surface area contributed by atoms with Crippen molar-refractivity contribution in [2.24, 2.45) is 0 Å². The lowest BCUT2D eigenvalue weighted by Crippen LogP contribution is -2.36. The van der Waals surface area contributed by atoms with Crippen LogP contribution in [0.25, 0.3) is 22.5 Å². The first-order chi connectivity index (χ1) is 14.5. The number of hydrogen-bond acceptors (Lipinski definition) is 4. The van der Waals surface area contributed by atoms with Gasteiger partial charge < -0.3 is 5.32 Å². The van der Waals surface area contributed by atoms with E-state index in [0.29, 0.717) is 39.9 Å². The molecule has 3 aromatic rings. The van der Waals surface area contributed by atoms with Crippen LogP contribution in [-0.4, -0.2) is 33.1 Å². The Bertz CT molecular complexity index is 1150. The normalized spacial score (nSPS) is 15.8. The van der Waals surface area contributed by atoms with Crippen LogP contribution in [0.1, 0.15) is 19.4 Å². The van der Waals surface area contributed by atoms with Gasteiger partial charge in [-0.15, -0.1) is 0 Å². The average Bonchev–Trinajstić information content (AvgIpc) is 3.00. The molecule has 0 aliphatic carbocycles. The number of carbonyl (C=O) groups is 1. The van der Waals surface area contributed by atoms with Crippen LogP contribution in [0.3, 0.4) is 0 Å². The third kappa shape index (κ3) is 4.18. The van der Waals surface area contributed by atoms with Gasteiger partial charge >= 0.3 is 12.2 Å². The number of urea groups is 1. The van der Waals surface area contributed by atoms with Crippen molar-refractivity contribution in [3.8, 4) is 22.5 Å². The lowest BCUT2D eigenvalue weighted by molar-refractivity contribution is -0.137. The largest absolute Gasteiger partial charge is 0.416 e. The summed E-state index contributed by atoms with van der Waals surface area (Å²) in [5, 5.41) is 3.15. The molecule has 1 aliphatic heterocycles. The Hall–Kier alpha value is -3.20. The van der Waals surface area contributed by atoms with Gasteiger partial charge in [-0.3, -0.25) is 14.9 Å². The van der Waals surface area contributed by atoms with E-state index in [2.05, 4.69) is 20.3 Å². The number of rotatable bonds is 3. The number of pyridine rings is 1. The number of benzene rings is 1. The highest BCUT2D eigenvalue weighted by molar-refractivity contribution is 6.33. The predicted molar refractivity (Wildman–Crippen MR) is 111 cm³/mol. The van der Waals surface area contributed by atoms with E-state index in [1.807, 2.05) is 13.8 Å². The number of carbonyl (C=O) groups excluding carboxylic acids is 1. The summed E-state index contributed by atoms with van der Waals surface area (Å²) in [4.78, 5) is 26.9. The number of nitrogens with one attached hydrogen (secondary N) is 1. The molecule has 1 aromatic carbocycles. The molecule has 1 aliphatic rings. The Morgan fingerprint density at radius 2 is 1.81 bits per heavy atom. The monoisotopic (exact) mass is 447 g/mol. The minimum atomic E-state index is -4.44. The standard InChI is InChI=1S/C21H17ClF3N5O/c1-20(2)11-30(19(31)29-20)16-10-27-17(12-3-5-13(6-4-12)21(23,24)25)18(28-16)14-7-8-26-9-15(14)22/h3-10H,11H2,1-2H3,(H,29,31). The molecule has 0 saturated carbocycles. The zero-order valence-electron chi connectivity index (χ0n) is 16.5. The third-order valence-corrected chi connectivity index (χ3v) is 5.09. The zero-order valence-corrected chi connectivity index (χ0v) is 17.3. The second kappa shape index (κ2) is 7.49. The SMILES string of the molecule is CC1(C)CN(c2cnc(-c3ccc(C(F)(F)F)cc3)c(-c3ccncc3Cl)n2)C(=O)N1. The molecular formula is C21H17ClF3N5O. The Morgan fingerprint density at radius 3 is 2.39 bits per heavy atom. The van der Waals surface area contributed by atoms with E-state index in [1.54, 1.807) is 6.07 Å². The second-order valence-corrected chi connectivity index (χ2v) is 8.16. The lowest BCUT2D eigenvalue weighted by Gasteiger charge is -2.19. The van der Waals surface area contributed by atoms with Gasteiger partial charge in [0.1, 0.15) is 5.69 Å². The van der Waals surface area contributed by atoms with Crippen molar-refractivity contribution in [2.75, 3.05) is 11.4 Å². The van der Waals surface area contributed by atoms with Gasteiger partial charge in [0.05, 0.1) is 34.6 Å². The summed E-state index contributed by atoms with van der Waals surface area (Å²) in [5.41, 5.74) is 0.395. The van der Waals surface area contributed by atoms with Gasteiger partial charge in [0.2, 0.25) is 0 Å². The molecule has 0 atom stereocenters. The summed E-state index contributed by atoms with van der Waals surface area (Å²) in [6.07, 6.45) is -0.0565. The van der Waals surface area contributed by atoms with Crippen LogP contribution in [0.4, 0.5) is 23.8 Å². The number of nitrogens with zero attached hydrogens (tertiary/aromatic N) is 4. The van der Waals surface area contributed by atoms with Crippen molar-refractivity contribution < 1.29 is 18.0 Å². The van der Waals surface area contributed by atoms with Crippen molar-refractivity contribution in [1.82, 2.24) is 20.3 Å². The quantitative estimate of drug-likeness (QED) is 0.600. The van der Waals surface area contributed by atoms with E-state index < -0.39 is 17.3 Å². The van der Waals surface area contributed by atoms with Crippen LogP contribution in [0.2, 0.25) is 5.02 Å². The van der Waals surface area contributed by atoms with Crippen LogP contribution in [-0.2, 0) is 6.18 Å². The van der Waals surface area contributed by atoms with Crippen LogP contribution >= 0.6 is 11.6 Å². The number of amides is 2. The lowest BCUT2D eigenvalue weighted by atomic mass is 10.0. The van der Waals surface area contributed by atoms with Gasteiger partial charge in [-0.25, -0.2) is 9.78 Å². The molecular weight excluding hydrogens is 431 g/mol. The number of halogens is 4. The third-order valence-electron chi connectivity index (χ3n) is 4.79. The maximum Gasteiger partial charge on any atom is 0.416 e. The molecule has 0 bridgehead atoms. The summed E-state index contributed by atoms with van der Waals surface area (Å²) in [6, 6.07) is 5.96. The maximum absolute atomic E-state index is 12.9. The molecule has 0 spiro atoms. The van der Waals surface area contributed by atoms with Gasteiger partial charge in [-0.05, 0) is 32.0 Å². The van der Waals surface area contributed by atoms with E-state index >= 15 is 0 Å². The molecule has 4 rings (SSSR count). The van der Waals surface area contributed by atoms with E-state index in [1.165, 1.54) is 35.6 Å². The molecule has 1 saturated heterocycles. The summed E-state index contributed by atoms with van der Waals surface area (Å²) in [6.45, 7) is 4.15. The topological polar surface area (TPSA) is 71.0 Å². The summed E-state index contributed by atoms with van der Waals surface area (Å²) >= 11 is 6.32. The van der Waals surface area contributed by atoms with E-state index in [0.717, 1.165) is 12.1 Å². The van der Waals surface area contributed by atoms with Crippen molar-refractivity contribution in [3.63, 3.8) is 0 Å². The molecule has 31 heavy (non-hydrogen) atoms. The zero-order chi connectivity index (χ0) is 22.4. The van der Waals surface area contributed by atoms with Crippen LogP contribution in [0.5, 0.6) is 0 Å². The summed E-state index contributed by atoms with van der Waals surface area (Å²) in [7, 11) is 0. The molecule has 3 heterocycles. The molecule has 1 fully saturated rings. The van der Waals surface area contributed by atoms with Gasteiger partial charge in [-0.2, -0.15) is 13.2 Å².